The average molecular weight is 138 g/mol. The summed E-state index contributed by atoms with van der Waals surface area (Å²) in [6.45, 7) is 0. The normalized spacial score (nSPS) is 44.5. The van der Waals surface area contributed by atoms with Gasteiger partial charge in [0.1, 0.15) is 6.10 Å². The van der Waals surface area contributed by atoms with Crippen LogP contribution in [0.5, 0.6) is 0 Å². The van der Waals surface area contributed by atoms with Crippen molar-refractivity contribution in [2.75, 3.05) is 0 Å². The molecule has 0 spiro atoms. The van der Waals surface area contributed by atoms with E-state index in [1.54, 1.807) is 0 Å². The van der Waals surface area contributed by atoms with Gasteiger partial charge in [0.05, 0.1) is 0 Å². The number of fused-ring (bicyclic) bond motifs is 1. The zero-order chi connectivity index (χ0) is 7.14. The average Bonchev–Trinajstić information content (AvgIpc) is 2.03. The topological polar surface area (TPSA) is 37.3 Å². The molecule has 2 heteroatoms. The van der Waals surface area contributed by atoms with E-state index in [0.29, 0.717) is 0 Å². The van der Waals surface area contributed by atoms with Crippen molar-refractivity contribution in [2.24, 2.45) is 11.8 Å². The monoisotopic (exact) mass is 138 g/mol. The van der Waals surface area contributed by atoms with E-state index in [1.165, 1.54) is 0 Å². The van der Waals surface area contributed by atoms with Crippen molar-refractivity contribution in [2.45, 2.75) is 18.9 Å². The van der Waals surface area contributed by atoms with Crippen molar-refractivity contribution < 1.29 is 9.90 Å². The molecular formula is C8H10O2. The third-order valence-electron chi connectivity index (χ3n) is 2.54. The lowest BCUT2D eigenvalue weighted by Gasteiger charge is -2.40. The largest absolute Gasteiger partial charge is 0.385 e. The number of rotatable bonds is 0. The zero-order valence-corrected chi connectivity index (χ0v) is 5.66. The minimum Gasteiger partial charge on any atom is -0.385 e. The second kappa shape index (κ2) is 1.92. The van der Waals surface area contributed by atoms with E-state index in [1.807, 2.05) is 6.08 Å². The smallest absolute Gasteiger partial charge is 0.165 e. The summed E-state index contributed by atoms with van der Waals surface area (Å²) in [5.74, 6) is 0.451. The molecule has 0 heterocycles. The molecule has 2 nitrogen and oxygen atoms in total. The highest BCUT2D eigenvalue weighted by Crippen LogP contribution is 2.39. The fourth-order valence-corrected chi connectivity index (χ4v) is 1.82. The number of Topliss-reactive ketones (excluding diaryl/α,β-unsaturated/α-hetero) is 1. The maximum atomic E-state index is 10.9. The van der Waals surface area contributed by atoms with E-state index < -0.39 is 6.10 Å². The van der Waals surface area contributed by atoms with Gasteiger partial charge < -0.3 is 5.11 Å². The van der Waals surface area contributed by atoms with Crippen LogP contribution in [-0.4, -0.2) is 17.0 Å². The van der Waals surface area contributed by atoms with Crippen LogP contribution < -0.4 is 0 Å². The highest BCUT2D eigenvalue weighted by molar-refractivity contribution is 5.92. The van der Waals surface area contributed by atoms with Gasteiger partial charge in [0.25, 0.3) is 0 Å². The highest BCUT2D eigenvalue weighted by Gasteiger charge is 2.47. The Morgan fingerprint density at radius 1 is 1.40 bits per heavy atom. The molecule has 0 saturated heterocycles. The van der Waals surface area contributed by atoms with Gasteiger partial charge in [-0.05, 0) is 12.8 Å². The van der Waals surface area contributed by atoms with E-state index in [0.717, 1.165) is 12.8 Å². The van der Waals surface area contributed by atoms with Gasteiger partial charge in [-0.1, -0.05) is 12.2 Å². The zero-order valence-electron chi connectivity index (χ0n) is 5.66. The summed E-state index contributed by atoms with van der Waals surface area (Å²) in [5, 5.41) is 9.13. The molecule has 1 N–H and O–H groups in total. The first-order chi connectivity index (χ1) is 4.80. The molecule has 0 aromatic heterocycles. The Morgan fingerprint density at radius 2 is 2.10 bits per heavy atom. The number of carbonyl (C=O) groups excluding carboxylic acids is 1. The first-order valence-electron chi connectivity index (χ1n) is 3.67. The van der Waals surface area contributed by atoms with Gasteiger partial charge in [-0.15, -0.1) is 0 Å². The predicted octanol–water partition coefficient (Wildman–Crippen LogP) is 0.512. The second-order valence-electron chi connectivity index (χ2n) is 3.06. The maximum absolute atomic E-state index is 10.9. The second-order valence-corrected chi connectivity index (χ2v) is 3.06. The van der Waals surface area contributed by atoms with Crippen molar-refractivity contribution in [3.8, 4) is 0 Å². The van der Waals surface area contributed by atoms with E-state index >= 15 is 0 Å². The quantitative estimate of drug-likeness (QED) is 0.495. The predicted molar refractivity (Wildman–Crippen MR) is 36.4 cm³/mol. The van der Waals surface area contributed by atoms with Crippen LogP contribution in [0.2, 0.25) is 0 Å². The molecule has 3 atom stereocenters. The van der Waals surface area contributed by atoms with Crippen LogP contribution in [-0.2, 0) is 4.79 Å². The van der Waals surface area contributed by atoms with Crippen molar-refractivity contribution in [3.63, 3.8) is 0 Å². The fraction of sp³-hybridized carbons (Fsp3) is 0.625. The van der Waals surface area contributed by atoms with E-state index in [9.17, 15) is 4.79 Å². The first-order valence-corrected chi connectivity index (χ1v) is 3.67. The van der Waals surface area contributed by atoms with Gasteiger partial charge in [-0.2, -0.15) is 0 Å². The lowest BCUT2D eigenvalue weighted by molar-refractivity contribution is -0.152. The van der Waals surface area contributed by atoms with Gasteiger partial charge in [-0.3, -0.25) is 4.79 Å². The lowest BCUT2D eigenvalue weighted by Crippen LogP contribution is -2.52. The Bertz CT molecular complexity index is 195. The highest BCUT2D eigenvalue weighted by atomic mass is 16.3. The molecule has 0 aromatic rings. The molecule has 1 saturated carbocycles. The lowest BCUT2D eigenvalue weighted by atomic mass is 9.65. The van der Waals surface area contributed by atoms with Crippen LogP contribution in [0.15, 0.2) is 12.2 Å². The van der Waals surface area contributed by atoms with Crippen LogP contribution >= 0.6 is 0 Å². The molecular weight excluding hydrogens is 128 g/mol. The van der Waals surface area contributed by atoms with Crippen molar-refractivity contribution >= 4 is 5.78 Å². The molecule has 2 rings (SSSR count). The fourth-order valence-electron chi connectivity index (χ4n) is 1.82. The summed E-state index contributed by atoms with van der Waals surface area (Å²) in [7, 11) is 0. The van der Waals surface area contributed by atoms with Crippen molar-refractivity contribution in [3.05, 3.63) is 12.2 Å². The molecule has 1 unspecified atom stereocenters. The Labute approximate surface area is 59.5 Å². The Kier molecular flexibility index (Phi) is 1.17. The van der Waals surface area contributed by atoms with Crippen LogP contribution in [0.3, 0.4) is 0 Å². The molecule has 2 aliphatic carbocycles. The Balaban J connectivity index is 2.15. The van der Waals surface area contributed by atoms with Crippen molar-refractivity contribution in [1.82, 2.24) is 0 Å². The summed E-state index contributed by atoms with van der Waals surface area (Å²) in [4.78, 5) is 10.9. The summed E-state index contributed by atoms with van der Waals surface area (Å²) in [5.41, 5.74) is 0. The third-order valence-corrected chi connectivity index (χ3v) is 2.54. The molecule has 0 bridgehead atoms. The van der Waals surface area contributed by atoms with Crippen LogP contribution in [0.1, 0.15) is 12.8 Å². The summed E-state index contributed by atoms with van der Waals surface area (Å²) in [6.07, 6.45) is 5.18. The number of ketones is 1. The van der Waals surface area contributed by atoms with Crippen LogP contribution in [0, 0.1) is 11.8 Å². The molecule has 54 valence electrons. The standard InChI is InChI=1S/C8H10O2/c9-7-5-3-1-2-4-6(5)8(7)10/h1-2,5-7,9H,3-4H2/t5-,6+,7?/m0/s1. The minimum absolute atomic E-state index is 0.0503. The molecule has 0 amide bonds. The molecule has 1 fully saturated rings. The van der Waals surface area contributed by atoms with E-state index in [4.69, 9.17) is 5.11 Å². The van der Waals surface area contributed by atoms with Gasteiger partial charge in [0.2, 0.25) is 0 Å². The van der Waals surface area contributed by atoms with Crippen molar-refractivity contribution in [1.29, 1.82) is 0 Å². The molecule has 0 aliphatic heterocycles. The number of hydrogen-bond donors (Lipinski definition) is 1. The first kappa shape index (κ1) is 6.10. The van der Waals surface area contributed by atoms with Gasteiger partial charge in [-0.25, -0.2) is 0 Å². The summed E-state index contributed by atoms with van der Waals surface area (Å²) < 4.78 is 0. The summed E-state index contributed by atoms with van der Waals surface area (Å²) in [6, 6.07) is 0. The number of aliphatic hydroxyl groups is 1. The molecule has 0 aromatic carbocycles. The number of aliphatic hydroxyl groups excluding tert-OH is 1. The van der Waals surface area contributed by atoms with Crippen LogP contribution in [0.25, 0.3) is 0 Å². The molecule has 10 heavy (non-hydrogen) atoms. The van der Waals surface area contributed by atoms with E-state index in [2.05, 4.69) is 6.08 Å². The van der Waals surface area contributed by atoms with Gasteiger partial charge >= 0.3 is 0 Å². The molecule has 2 aliphatic rings. The summed E-state index contributed by atoms with van der Waals surface area (Å²) >= 11 is 0. The molecule has 0 radical (unpaired) electrons. The maximum Gasteiger partial charge on any atom is 0.165 e. The van der Waals surface area contributed by atoms with Gasteiger partial charge in [0, 0.05) is 11.8 Å². The number of allylic oxidation sites excluding steroid dienone is 2. The van der Waals surface area contributed by atoms with E-state index in [-0.39, 0.29) is 17.6 Å². The Morgan fingerprint density at radius 3 is 2.80 bits per heavy atom. The van der Waals surface area contributed by atoms with Gasteiger partial charge in [0.15, 0.2) is 5.78 Å². The minimum atomic E-state index is -0.644. The Hall–Kier alpha value is -0.630. The van der Waals surface area contributed by atoms with Crippen LogP contribution in [0.4, 0.5) is 0 Å². The number of carbonyl (C=O) groups is 1. The number of hydrogen-bond acceptors (Lipinski definition) is 2. The third kappa shape index (κ3) is 0.598. The SMILES string of the molecule is O=C1C(O)[C@H]2CC=CC[C@@H]12.